The van der Waals surface area contributed by atoms with Crippen molar-refractivity contribution in [2.75, 3.05) is 18.9 Å². The zero-order chi connectivity index (χ0) is 19.3. The molecule has 4 nitrogen and oxygen atoms in total. The summed E-state index contributed by atoms with van der Waals surface area (Å²) in [5, 5.41) is 2.99. The van der Waals surface area contributed by atoms with Gasteiger partial charge in [0.25, 0.3) is 5.91 Å². The second kappa shape index (κ2) is 8.76. The van der Waals surface area contributed by atoms with Crippen LogP contribution in [0.15, 0.2) is 36.4 Å². The lowest BCUT2D eigenvalue weighted by atomic mass is 10.1. The number of nitrogens with one attached hydrogen (secondary N) is 2. The van der Waals surface area contributed by atoms with Crippen LogP contribution in [-0.2, 0) is 11.3 Å². The molecule has 2 aromatic rings. The predicted molar refractivity (Wildman–Crippen MR) is 97.8 cm³/mol. The maximum atomic E-state index is 12.3. The van der Waals surface area contributed by atoms with Crippen molar-refractivity contribution in [3.05, 3.63) is 58.7 Å². The number of anilines is 1. The smallest absolute Gasteiger partial charge is 0.387 e. The van der Waals surface area contributed by atoms with Crippen molar-refractivity contribution in [3.63, 3.8) is 0 Å². The monoisotopic (exact) mass is 363 g/mol. The van der Waals surface area contributed by atoms with Gasteiger partial charge in [-0.2, -0.15) is 8.78 Å². The molecule has 0 aliphatic heterocycles. The molecule has 26 heavy (non-hydrogen) atoms. The van der Waals surface area contributed by atoms with Crippen LogP contribution in [0, 0.1) is 20.8 Å². The Kier molecular flexibility index (Phi) is 6.69. The first kappa shape index (κ1) is 19.8. The Morgan fingerprint density at radius 1 is 1.12 bits per heavy atom. The molecule has 0 saturated carbocycles. The van der Waals surface area contributed by atoms with E-state index >= 15 is 0 Å². The number of hydrogen-bond donors (Lipinski definition) is 2. The standard InChI is InChI=1S/C20H24F2N2O2/c1-13-9-14(2)19(15(3)10-13)23-18(25)12-24(4)11-16-5-7-17(8-6-16)26-20(21)22/h5-10,20H,11-12H2,1-4H3,(H,23,25)/p+1. The van der Waals surface area contributed by atoms with E-state index in [9.17, 15) is 13.6 Å². The van der Waals surface area contributed by atoms with Gasteiger partial charge in [0.05, 0.1) is 7.05 Å². The summed E-state index contributed by atoms with van der Waals surface area (Å²) in [6.07, 6.45) is 0. The van der Waals surface area contributed by atoms with Gasteiger partial charge in [-0.15, -0.1) is 0 Å². The first-order valence-electron chi connectivity index (χ1n) is 8.47. The number of benzene rings is 2. The van der Waals surface area contributed by atoms with Crippen molar-refractivity contribution in [3.8, 4) is 5.75 Å². The number of alkyl halides is 2. The van der Waals surface area contributed by atoms with Crippen LogP contribution in [0.5, 0.6) is 5.75 Å². The second-order valence-corrected chi connectivity index (χ2v) is 6.66. The lowest BCUT2D eigenvalue weighted by Crippen LogP contribution is -3.08. The van der Waals surface area contributed by atoms with Gasteiger partial charge in [0.2, 0.25) is 0 Å². The molecule has 2 N–H and O–H groups in total. The van der Waals surface area contributed by atoms with Gasteiger partial charge in [-0.25, -0.2) is 0 Å². The number of carbonyl (C=O) groups is 1. The molecule has 1 unspecified atom stereocenters. The molecule has 6 heteroatoms. The van der Waals surface area contributed by atoms with Crippen LogP contribution in [0.4, 0.5) is 14.5 Å². The van der Waals surface area contributed by atoms with E-state index in [0.717, 1.165) is 27.3 Å². The molecule has 2 aromatic carbocycles. The van der Waals surface area contributed by atoms with Crippen LogP contribution in [0.25, 0.3) is 0 Å². The number of carbonyl (C=O) groups excluding carboxylic acids is 1. The molecule has 0 saturated heterocycles. The molecule has 0 fully saturated rings. The number of amides is 1. The van der Waals surface area contributed by atoms with Crippen molar-refractivity contribution < 1.29 is 23.2 Å². The highest BCUT2D eigenvalue weighted by atomic mass is 19.3. The first-order valence-corrected chi connectivity index (χ1v) is 8.47. The van der Waals surface area contributed by atoms with Crippen LogP contribution in [0.1, 0.15) is 22.3 Å². The minimum atomic E-state index is -2.83. The largest absolute Gasteiger partial charge is 0.435 e. The van der Waals surface area contributed by atoms with E-state index in [0.29, 0.717) is 13.1 Å². The third-order valence-corrected chi connectivity index (χ3v) is 4.06. The van der Waals surface area contributed by atoms with Gasteiger partial charge in [0.1, 0.15) is 12.3 Å². The summed E-state index contributed by atoms with van der Waals surface area (Å²) < 4.78 is 28.7. The van der Waals surface area contributed by atoms with Crippen molar-refractivity contribution >= 4 is 11.6 Å². The lowest BCUT2D eigenvalue weighted by molar-refractivity contribution is -0.885. The van der Waals surface area contributed by atoms with Gasteiger partial charge < -0.3 is 15.0 Å². The summed E-state index contributed by atoms with van der Waals surface area (Å²) in [6, 6.07) is 10.6. The van der Waals surface area contributed by atoms with E-state index in [-0.39, 0.29) is 11.7 Å². The Balaban J connectivity index is 1.91. The third-order valence-electron chi connectivity index (χ3n) is 4.06. The molecule has 0 aromatic heterocycles. The molecule has 140 valence electrons. The molecule has 1 atom stereocenters. The molecule has 0 spiro atoms. The fourth-order valence-corrected chi connectivity index (χ4v) is 3.03. The first-order chi connectivity index (χ1) is 12.2. The van der Waals surface area contributed by atoms with Crippen molar-refractivity contribution in [2.45, 2.75) is 33.9 Å². The van der Waals surface area contributed by atoms with E-state index < -0.39 is 6.61 Å². The Morgan fingerprint density at radius 2 is 1.69 bits per heavy atom. The summed E-state index contributed by atoms with van der Waals surface area (Å²) in [5.41, 5.74) is 5.06. The van der Waals surface area contributed by atoms with Gasteiger partial charge in [-0.3, -0.25) is 4.79 Å². The number of ether oxygens (including phenoxy) is 1. The average Bonchev–Trinajstić information content (AvgIpc) is 2.52. The molecule has 0 aliphatic carbocycles. The van der Waals surface area contributed by atoms with Crippen molar-refractivity contribution in [1.82, 2.24) is 0 Å². The molecule has 0 aliphatic rings. The van der Waals surface area contributed by atoms with Gasteiger partial charge in [-0.05, 0) is 56.2 Å². The van der Waals surface area contributed by atoms with Crippen molar-refractivity contribution in [1.29, 1.82) is 0 Å². The maximum Gasteiger partial charge on any atom is 0.387 e. The fourth-order valence-electron chi connectivity index (χ4n) is 3.03. The van der Waals surface area contributed by atoms with E-state index in [2.05, 4.69) is 10.1 Å². The fraction of sp³-hybridized carbons (Fsp3) is 0.350. The molecule has 1 amide bonds. The number of quaternary nitrogens is 1. The van der Waals surface area contributed by atoms with Crippen LogP contribution < -0.4 is 15.0 Å². The summed E-state index contributed by atoms with van der Waals surface area (Å²) >= 11 is 0. The zero-order valence-corrected chi connectivity index (χ0v) is 15.5. The Bertz CT molecular complexity index is 738. The number of rotatable bonds is 7. The van der Waals surface area contributed by atoms with E-state index in [1.165, 1.54) is 17.7 Å². The predicted octanol–water partition coefficient (Wildman–Crippen LogP) is 2.87. The molecule has 0 bridgehead atoms. The third kappa shape index (κ3) is 5.81. The maximum absolute atomic E-state index is 12.3. The van der Waals surface area contributed by atoms with Gasteiger partial charge in [0, 0.05) is 11.3 Å². The molecule has 2 rings (SSSR count). The van der Waals surface area contributed by atoms with E-state index in [1.54, 1.807) is 12.1 Å². The normalized spacial score (nSPS) is 12.1. The Hall–Kier alpha value is -2.47. The SMILES string of the molecule is Cc1cc(C)c(NC(=O)C[NH+](C)Cc2ccc(OC(F)F)cc2)c(C)c1. The average molecular weight is 363 g/mol. The lowest BCUT2D eigenvalue weighted by Gasteiger charge is -2.16. The Morgan fingerprint density at radius 3 is 2.23 bits per heavy atom. The summed E-state index contributed by atoms with van der Waals surface area (Å²) in [5.74, 6) is 0.0691. The Labute approximate surface area is 152 Å². The minimum Gasteiger partial charge on any atom is -0.435 e. The number of hydrogen-bond acceptors (Lipinski definition) is 2. The molecule has 0 radical (unpaired) electrons. The van der Waals surface area contributed by atoms with Gasteiger partial charge >= 0.3 is 6.61 Å². The van der Waals surface area contributed by atoms with Gasteiger partial charge in [-0.1, -0.05) is 17.7 Å². The topological polar surface area (TPSA) is 42.8 Å². The van der Waals surface area contributed by atoms with Crippen LogP contribution in [-0.4, -0.2) is 26.1 Å². The zero-order valence-electron chi connectivity index (χ0n) is 15.5. The molecular formula is C20H25F2N2O2+. The number of likely N-dealkylation sites (N-methyl/N-ethyl adjacent to an activating group) is 1. The summed E-state index contributed by atoms with van der Waals surface area (Å²) in [4.78, 5) is 13.3. The van der Waals surface area contributed by atoms with Gasteiger partial charge in [0.15, 0.2) is 6.54 Å². The minimum absolute atomic E-state index is 0.0600. The number of aryl methyl sites for hydroxylation is 3. The quantitative estimate of drug-likeness (QED) is 0.794. The summed E-state index contributed by atoms with van der Waals surface area (Å²) in [6.45, 7) is 4.08. The van der Waals surface area contributed by atoms with E-state index in [1.807, 2.05) is 40.0 Å². The summed E-state index contributed by atoms with van der Waals surface area (Å²) in [7, 11) is 1.91. The van der Waals surface area contributed by atoms with E-state index in [4.69, 9.17) is 0 Å². The van der Waals surface area contributed by atoms with Crippen LogP contribution in [0.2, 0.25) is 0 Å². The highest BCUT2D eigenvalue weighted by molar-refractivity contribution is 5.93. The molecular weight excluding hydrogens is 338 g/mol. The molecule has 0 heterocycles. The highest BCUT2D eigenvalue weighted by Crippen LogP contribution is 2.21. The van der Waals surface area contributed by atoms with Crippen molar-refractivity contribution in [2.24, 2.45) is 0 Å². The van der Waals surface area contributed by atoms with Crippen LogP contribution in [0.3, 0.4) is 0 Å². The highest BCUT2D eigenvalue weighted by Gasteiger charge is 2.14. The van der Waals surface area contributed by atoms with Crippen LogP contribution >= 0.6 is 0 Å². The second-order valence-electron chi connectivity index (χ2n) is 6.66. The number of halogens is 2.